The number of benzene rings is 1. The summed E-state index contributed by atoms with van der Waals surface area (Å²) in [5.74, 6) is -3.27. The van der Waals surface area contributed by atoms with Crippen LogP contribution in [-0.4, -0.2) is 53.2 Å². The van der Waals surface area contributed by atoms with Gasteiger partial charge in [-0.25, -0.2) is 0 Å². The highest BCUT2D eigenvalue weighted by molar-refractivity contribution is 6.21. The molecule has 1 atom stereocenters. The third-order valence-electron chi connectivity index (χ3n) is 7.42. The molecule has 31 heavy (non-hydrogen) atoms. The fourth-order valence-corrected chi connectivity index (χ4v) is 5.50. The first-order valence-electron chi connectivity index (χ1n) is 11.3. The average molecular weight is 427 g/mol. The summed E-state index contributed by atoms with van der Waals surface area (Å²) in [6.45, 7) is 0.371. The lowest BCUT2D eigenvalue weighted by Gasteiger charge is -2.50. The van der Waals surface area contributed by atoms with Gasteiger partial charge >= 0.3 is 5.97 Å². The number of carboxylic acids is 1. The van der Waals surface area contributed by atoms with E-state index in [0.29, 0.717) is 37.8 Å². The number of aliphatic carboxylic acids is 1. The number of carbonyl (C=O) groups is 4. The van der Waals surface area contributed by atoms with Crippen molar-refractivity contribution >= 4 is 23.6 Å². The number of hydrogen-bond acceptors (Lipinski definition) is 4. The highest BCUT2D eigenvalue weighted by Crippen LogP contribution is 2.47. The summed E-state index contributed by atoms with van der Waals surface area (Å²) in [5.41, 5.74) is 0.740. The van der Waals surface area contributed by atoms with Crippen LogP contribution in [-0.2, 0) is 19.2 Å². The Hall–Kier alpha value is -2.70. The van der Waals surface area contributed by atoms with Gasteiger partial charge in [-0.15, -0.1) is 0 Å². The van der Waals surface area contributed by atoms with Gasteiger partial charge in [-0.3, -0.25) is 19.2 Å². The van der Waals surface area contributed by atoms with E-state index in [9.17, 15) is 19.2 Å². The van der Waals surface area contributed by atoms with Crippen LogP contribution in [0.15, 0.2) is 30.3 Å². The predicted molar refractivity (Wildman–Crippen MR) is 113 cm³/mol. The molecule has 1 aliphatic heterocycles. The molecule has 7 nitrogen and oxygen atoms in total. The SMILES string of the molecule is O=C(O)CNC(=O)C1C(=O)N(CC2CCC(c3ccccc3)CC2)CC2(CCC2)C1=O. The Balaban J connectivity index is 1.41. The molecule has 2 amide bonds. The fraction of sp³-hybridized carbons (Fsp3) is 0.583. The molecule has 1 heterocycles. The van der Waals surface area contributed by atoms with Gasteiger partial charge in [0.2, 0.25) is 11.8 Å². The Morgan fingerprint density at radius 3 is 2.32 bits per heavy atom. The number of ketones is 1. The molecule has 0 aromatic heterocycles. The van der Waals surface area contributed by atoms with Crippen molar-refractivity contribution in [1.29, 1.82) is 0 Å². The summed E-state index contributed by atoms with van der Waals surface area (Å²) in [7, 11) is 0. The van der Waals surface area contributed by atoms with Crippen LogP contribution in [0.2, 0.25) is 0 Å². The lowest BCUT2D eigenvalue weighted by atomic mass is 9.60. The van der Waals surface area contributed by atoms with Crippen LogP contribution in [0.4, 0.5) is 0 Å². The minimum Gasteiger partial charge on any atom is -0.480 e. The zero-order valence-corrected chi connectivity index (χ0v) is 17.7. The number of nitrogens with one attached hydrogen (secondary N) is 1. The molecule has 1 unspecified atom stereocenters. The molecule has 1 aromatic carbocycles. The van der Waals surface area contributed by atoms with E-state index in [1.165, 1.54) is 5.56 Å². The second-order valence-corrected chi connectivity index (χ2v) is 9.39. The van der Waals surface area contributed by atoms with Crippen LogP contribution in [0.3, 0.4) is 0 Å². The van der Waals surface area contributed by atoms with Crippen molar-refractivity contribution in [2.24, 2.45) is 17.3 Å². The Morgan fingerprint density at radius 2 is 1.74 bits per heavy atom. The molecule has 0 radical (unpaired) electrons. The molecular formula is C24H30N2O5. The van der Waals surface area contributed by atoms with E-state index in [1.807, 2.05) is 6.07 Å². The third kappa shape index (κ3) is 4.36. The van der Waals surface area contributed by atoms with Crippen molar-refractivity contribution < 1.29 is 24.3 Å². The van der Waals surface area contributed by atoms with E-state index in [1.54, 1.807) is 4.90 Å². The maximum absolute atomic E-state index is 13.1. The van der Waals surface area contributed by atoms with Crippen LogP contribution in [0.5, 0.6) is 0 Å². The molecule has 1 saturated heterocycles. The molecular weight excluding hydrogens is 396 g/mol. The van der Waals surface area contributed by atoms with Crippen molar-refractivity contribution in [3.8, 4) is 0 Å². The minimum absolute atomic E-state index is 0.323. The Kier molecular flexibility index (Phi) is 6.12. The lowest BCUT2D eigenvalue weighted by Crippen LogP contribution is -2.63. The van der Waals surface area contributed by atoms with E-state index in [4.69, 9.17) is 5.11 Å². The average Bonchev–Trinajstić information content (AvgIpc) is 2.74. The van der Waals surface area contributed by atoms with Crippen molar-refractivity contribution in [3.05, 3.63) is 35.9 Å². The largest absolute Gasteiger partial charge is 0.480 e. The van der Waals surface area contributed by atoms with E-state index < -0.39 is 35.7 Å². The number of carbonyl (C=O) groups excluding carboxylic acids is 3. The zero-order valence-electron chi connectivity index (χ0n) is 17.7. The predicted octanol–water partition coefficient (Wildman–Crippen LogP) is 2.36. The van der Waals surface area contributed by atoms with Gasteiger partial charge in [-0.1, -0.05) is 36.8 Å². The Labute approximate surface area is 182 Å². The quantitative estimate of drug-likeness (QED) is 0.680. The Morgan fingerprint density at radius 1 is 1.06 bits per heavy atom. The molecule has 3 aliphatic rings. The summed E-state index contributed by atoms with van der Waals surface area (Å²) in [6.07, 6.45) is 6.48. The number of nitrogens with zero attached hydrogens (tertiary/aromatic N) is 1. The third-order valence-corrected chi connectivity index (χ3v) is 7.42. The highest BCUT2D eigenvalue weighted by Gasteiger charge is 2.56. The minimum atomic E-state index is -1.41. The van der Waals surface area contributed by atoms with Crippen molar-refractivity contribution in [2.45, 2.75) is 50.9 Å². The van der Waals surface area contributed by atoms with Crippen LogP contribution in [0.1, 0.15) is 56.4 Å². The first-order chi connectivity index (χ1) is 14.9. The molecule has 2 aliphatic carbocycles. The molecule has 1 aromatic rings. The van der Waals surface area contributed by atoms with Crippen molar-refractivity contribution in [3.63, 3.8) is 0 Å². The normalized spacial score (nSPS) is 27.6. The van der Waals surface area contributed by atoms with Crippen molar-refractivity contribution in [2.75, 3.05) is 19.6 Å². The van der Waals surface area contributed by atoms with Gasteiger partial charge in [0.1, 0.15) is 6.54 Å². The molecule has 0 bridgehead atoms. The second-order valence-electron chi connectivity index (χ2n) is 9.39. The summed E-state index contributed by atoms with van der Waals surface area (Å²) >= 11 is 0. The molecule has 166 valence electrons. The Bertz CT molecular complexity index is 856. The second kappa shape index (κ2) is 8.81. The number of piperidine rings is 1. The fourth-order valence-electron chi connectivity index (χ4n) is 5.50. The number of amides is 2. The topological polar surface area (TPSA) is 104 Å². The molecule has 2 saturated carbocycles. The summed E-state index contributed by atoms with van der Waals surface area (Å²) in [6, 6.07) is 10.5. The first-order valence-corrected chi connectivity index (χ1v) is 11.3. The first kappa shape index (κ1) is 21.5. The number of rotatable bonds is 6. The van der Waals surface area contributed by atoms with Gasteiger partial charge in [0, 0.05) is 18.5 Å². The van der Waals surface area contributed by atoms with Gasteiger partial charge in [-0.05, 0) is 55.9 Å². The monoisotopic (exact) mass is 426 g/mol. The van der Waals surface area contributed by atoms with Crippen molar-refractivity contribution in [1.82, 2.24) is 10.2 Å². The number of hydrogen-bond donors (Lipinski definition) is 2. The zero-order chi connectivity index (χ0) is 22.0. The van der Waals surface area contributed by atoms with Crippen LogP contribution >= 0.6 is 0 Å². The number of carboxylic acid groups (broad SMARTS) is 1. The summed E-state index contributed by atoms with van der Waals surface area (Å²) < 4.78 is 0. The van der Waals surface area contributed by atoms with Gasteiger partial charge in [0.05, 0.1) is 0 Å². The summed E-state index contributed by atoms with van der Waals surface area (Å²) in [4.78, 5) is 51.2. The van der Waals surface area contributed by atoms with Gasteiger partial charge in [-0.2, -0.15) is 0 Å². The molecule has 3 fully saturated rings. The maximum atomic E-state index is 13.1. The highest BCUT2D eigenvalue weighted by atomic mass is 16.4. The maximum Gasteiger partial charge on any atom is 0.322 e. The molecule has 1 spiro atoms. The van der Waals surface area contributed by atoms with Crippen LogP contribution in [0, 0.1) is 17.3 Å². The molecule has 4 rings (SSSR count). The van der Waals surface area contributed by atoms with E-state index in [0.717, 1.165) is 32.1 Å². The van der Waals surface area contributed by atoms with Crippen LogP contribution < -0.4 is 5.32 Å². The van der Waals surface area contributed by atoms with E-state index in [-0.39, 0.29) is 5.78 Å². The number of Topliss-reactive ketones (excluding diaryl/α,β-unsaturated/α-hetero) is 1. The van der Waals surface area contributed by atoms with Gasteiger partial charge in [0.15, 0.2) is 11.7 Å². The lowest BCUT2D eigenvalue weighted by molar-refractivity contribution is -0.164. The van der Waals surface area contributed by atoms with Gasteiger partial charge < -0.3 is 15.3 Å². The molecule has 7 heteroatoms. The van der Waals surface area contributed by atoms with E-state index in [2.05, 4.69) is 29.6 Å². The van der Waals surface area contributed by atoms with E-state index >= 15 is 0 Å². The molecule has 2 N–H and O–H groups in total. The smallest absolute Gasteiger partial charge is 0.322 e. The summed E-state index contributed by atoms with van der Waals surface area (Å²) in [5, 5.41) is 11.1. The van der Waals surface area contributed by atoms with Crippen LogP contribution in [0.25, 0.3) is 0 Å². The van der Waals surface area contributed by atoms with Gasteiger partial charge in [0.25, 0.3) is 0 Å². The number of likely N-dealkylation sites (tertiary alicyclic amines) is 1. The standard InChI is InChI=1S/C24H30N2O5/c27-19(28)13-25-22(30)20-21(29)24(11-4-12-24)15-26(23(20)31)14-16-7-9-18(10-8-16)17-5-2-1-3-6-17/h1-3,5-6,16,18,20H,4,7-15H2,(H,25,30)(H,27,28).